The van der Waals surface area contributed by atoms with Crippen molar-refractivity contribution in [3.05, 3.63) is 46.3 Å². The smallest absolute Gasteiger partial charge is 0.311 e. The van der Waals surface area contributed by atoms with Crippen molar-refractivity contribution in [2.45, 2.75) is 18.9 Å². The number of ether oxygens (including phenoxy) is 1. The number of esters is 1. The second-order valence-corrected chi connectivity index (χ2v) is 4.19. The van der Waals surface area contributed by atoms with Crippen LogP contribution in [0.5, 0.6) is 0 Å². The van der Waals surface area contributed by atoms with Crippen LogP contribution in [0.2, 0.25) is 0 Å². The SMILES string of the molecule is COC(=O)[C@@H](CO)C[C@H](Cc1ccccc1)N=[N+]=[N-]. The Balaban J connectivity index is 2.72. The average molecular weight is 263 g/mol. The van der Waals surface area contributed by atoms with E-state index in [0.717, 1.165) is 5.56 Å². The number of hydrogen-bond donors (Lipinski definition) is 1. The van der Waals surface area contributed by atoms with Crippen LogP contribution in [0.1, 0.15) is 12.0 Å². The largest absolute Gasteiger partial charge is 0.469 e. The molecule has 1 aromatic rings. The third kappa shape index (κ3) is 4.99. The molecule has 0 amide bonds. The van der Waals surface area contributed by atoms with Crippen LogP contribution in [-0.2, 0) is 16.0 Å². The van der Waals surface area contributed by atoms with Crippen LogP contribution in [0.25, 0.3) is 10.4 Å². The molecule has 0 aliphatic rings. The zero-order chi connectivity index (χ0) is 14.1. The molecule has 19 heavy (non-hydrogen) atoms. The molecule has 0 saturated carbocycles. The topological polar surface area (TPSA) is 95.3 Å². The summed E-state index contributed by atoms with van der Waals surface area (Å²) in [5.41, 5.74) is 9.59. The molecule has 2 atom stereocenters. The van der Waals surface area contributed by atoms with Crippen LogP contribution < -0.4 is 0 Å². The third-order valence-electron chi connectivity index (χ3n) is 2.84. The quantitative estimate of drug-likeness (QED) is 0.353. The number of hydrogen-bond acceptors (Lipinski definition) is 4. The molecule has 0 fully saturated rings. The second kappa shape index (κ2) is 8.13. The van der Waals surface area contributed by atoms with E-state index in [1.165, 1.54) is 7.11 Å². The number of carbonyl (C=O) groups is 1. The van der Waals surface area contributed by atoms with Crippen molar-refractivity contribution in [2.24, 2.45) is 11.0 Å². The van der Waals surface area contributed by atoms with Crippen molar-refractivity contribution in [3.8, 4) is 0 Å². The summed E-state index contributed by atoms with van der Waals surface area (Å²) >= 11 is 0. The maximum Gasteiger partial charge on any atom is 0.311 e. The minimum Gasteiger partial charge on any atom is -0.469 e. The Hall–Kier alpha value is -2.04. The molecule has 102 valence electrons. The molecule has 0 spiro atoms. The van der Waals surface area contributed by atoms with Crippen molar-refractivity contribution in [1.29, 1.82) is 0 Å². The van der Waals surface area contributed by atoms with Crippen molar-refractivity contribution >= 4 is 5.97 Å². The van der Waals surface area contributed by atoms with E-state index in [2.05, 4.69) is 14.8 Å². The summed E-state index contributed by atoms with van der Waals surface area (Å²) in [4.78, 5) is 14.2. The molecule has 0 unspecified atom stereocenters. The molecule has 0 aliphatic heterocycles. The molecule has 6 nitrogen and oxygen atoms in total. The number of methoxy groups -OCH3 is 1. The molecular formula is C13H17N3O3. The van der Waals surface area contributed by atoms with E-state index in [1.807, 2.05) is 30.3 Å². The van der Waals surface area contributed by atoms with E-state index in [9.17, 15) is 9.90 Å². The van der Waals surface area contributed by atoms with Crippen molar-refractivity contribution in [3.63, 3.8) is 0 Å². The third-order valence-corrected chi connectivity index (χ3v) is 2.84. The van der Waals surface area contributed by atoms with Crippen LogP contribution in [0.15, 0.2) is 35.4 Å². The van der Waals surface area contributed by atoms with Crippen LogP contribution in [0.3, 0.4) is 0 Å². The highest BCUT2D eigenvalue weighted by Gasteiger charge is 2.22. The molecular weight excluding hydrogens is 246 g/mol. The number of carbonyl (C=O) groups excluding carboxylic acids is 1. The van der Waals surface area contributed by atoms with Gasteiger partial charge in [-0.1, -0.05) is 35.4 Å². The lowest BCUT2D eigenvalue weighted by Crippen LogP contribution is -2.25. The van der Waals surface area contributed by atoms with E-state index >= 15 is 0 Å². The highest BCUT2D eigenvalue weighted by atomic mass is 16.5. The fraction of sp³-hybridized carbons (Fsp3) is 0.462. The molecule has 0 bridgehead atoms. The summed E-state index contributed by atoms with van der Waals surface area (Å²) in [5, 5.41) is 12.9. The number of azide groups is 1. The van der Waals surface area contributed by atoms with Gasteiger partial charge in [0, 0.05) is 11.0 Å². The van der Waals surface area contributed by atoms with Crippen LogP contribution in [0, 0.1) is 5.92 Å². The first-order valence-electron chi connectivity index (χ1n) is 5.98. The normalized spacial score (nSPS) is 13.2. The van der Waals surface area contributed by atoms with E-state index in [-0.39, 0.29) is 19.1 Å². The van der Waals surface area contributed by atoms with Gasteiger partial charge in [-0.3, -0.25) is 4.79 Å². The zero-order valence-corrected chi connectivity index (χ0v) is 10.8. The van der Waals surface area contributed by atoms with Crippen molar-refractivity contribution in [1.82, 2.24) is 0 Å². The fourth-order valence-electron chi connectivity index (χ4n) is 1.87. The molecule has 1 aromatic carbocycles. The van der Waals surface area contributed by atoms with Gasteiger partial charge in [0.15, 0.2) is 0 Å². The Bertz CT molecular complexity index is 444. The van der Waals surface area contributed by atoms with Crippen molar-refractivity contribution < 1.29 is 14.6 Å². The first-order valence-corrected chi connectivity index (χ1v) is 5.98. The molecule has 0 heterocycles. The molecule has 1 N–H and O–H groups in total. The molecule has 0 radical (unpaired) electrons. The number of aliphatic hydroxyl groups is 1. The van der Waals surface area contributed by atoms with Gasteiger partial charge in [-0.15, -0.1) is 0 Å². The lowest BCUT2D eigenvalue weighted by atomic mass is 9.96. The van der Waals surface area contributed by atoms with Gasteiger partial charge in [-0.2, -0.15) is 0 Å². The maximum atomic E-state index is 11.4. The Morgan fingerprint density at radius 1 is 1.47 bits per heavy atom. The first kappa shape index (κ1) is 15.0. The molecule has 0 aromatic heterocycles. The number of aliphatic hydroxyl groups excluding tert-OH is 1. The maximum absolute atomic E-state index is 11.4. The summed E-state index contributed by atoms with van der Waals surface area (Å²) < 4.78 is 4.60. The minimum absolute atomic E-state index is 0.266. The lowest BCUT2D eigenvalue weighted by Gasteiger charge is -2.16. The molecule has 0 aliphatic carbocycles. The van der Waals surface area contributed by atoms with Crippen LogP contribution in [0.4, 0.5) is 0 Å². The van der Waals surface area contributed by atoms with E-state index < -0.39 is 11.9 Å². The summed E-state index contributed by atoms with van der Waals surface area (Å²) in [6.45, 7) is -0.321. The highest BCUT2D eigenvalue weighted by molar-refractivity contribution is 5.72. The summed E-state index contributed by atoms with van der Waals surface area (Å²) in [6, 6.07) is 9.15. The minimum atomic E-state index is -0.663. The monoisotopic (exact) mass is 263 g/mol. The van der Waals surface area contributed by atoms with Gasteiger partial charge in [-0.05, 0) is 23.9 Å². The summed E-state index contributed by atoms with van der Waals surface area (Å²) in [7, 11) is 1.27. The van der Waals surface area contributed by atoms with Gasteiger partial charge < -0.3 is 9.84 Å². The standard InChI is InChI=1S/C13H17N3O3/c1-19-13(18)11(9-17)8-12(15-16-14)7-10-5-3-2-4-6-10/h2-6,11-12,17H,7-9H2,1H3/t11-,12+/m1/s1. The van der Waals surface area contributed by atoms with E-state index in [4.69, 9.17) is 5.53 Å². The number of rotatable bonds is 7. The van der Waals surface area contributed by atoms with Crippen molar-refractivity contribution in [2.75, 3.05) is 13.7 Å². The van der Waals surface area contributed by atoms with E-state index in [0.29, 0.717) is 6.42 Å². The van der Waals surface area contributed by atoms with Gasteiger partial charge in [0.05, 0.1) is 19.6 Å². The van der Waals surface area contributed by atoms with Gasteiger partial charge in [-0.25, -0.2) is 0 Å². The molecule has 1 rings (SSSR count). The predicted molar refractivity (Wildman–Crippen MR) is 70.3 cm³/mol. The summed E-state index contributed by atoms with van der Waals surface area (Å²) in [6.07, 6.45) is 0.792. The van der Waals surface area contributed by atoms with Crippen LogP contribution >= 0.6 is 0 Å². The van der Waals surface area contributed by atoms with Crippen LogP contribution in [-0.4, -0.2) is 30.8 Å². The highest BCUT2D eigenvalue weighted by Crippen LogP contribution is 2.16. The molecule has 0 saturated heterocycles. The first-order chi connectivity index (χ1) is 9.21. The summed E-state index contributed by atoms with van der Waals surface area (Å²) in [5.74, 6) is -1.15. The van der Waals surface area contributed by atoms with E-state index in [1.54, 1.807) is 0 Å². The molecule has 6 heteroatoms. The fourth-order valence-corrected chi connectivity index (χ4v) is 1.87. The predicted octanol–water partition coefficient (Wildman–Crippen LogP) is 2.08. The number of nitrogens with zero attached hydrogens (tertiary/aromatic N) is 3. The van der Waals surface area contributed by atoms with Gasteiger partial charge in [0.2, 0.25) is 0 Å². The Kier molecular flexibility index (Phi) is 6.43. The Labute approximate surface area is 111 Å². The van der Waals surface area contributed by atoms with Gasteiger partial charge in [0.25, 0.3) is 0 Å². The number of benzene rings is 1. The lowest BCUT2D eigenvalue weighted by molar-refractivity contribution is -0.147. The van der Waals surface area contributed by atoms with Gasteiger partial charge >= 0.3 is 5.97 Å². The Morgan fingerprint density at radius 2 is 2.16 bits per heavy atom. The zero-order valence-electron chi connectivity index (χ0n) is 10.8. The Morgan fingerprint density at radius 3 is 2.68 bits per heavy atom. The second-order valence-electron chi connectivity index (χ2n) is 4.19. The average Bonchev–Trinajstić information content (AvgIpc) is 2.45. The van der Waals surface area contributed by atoms with Gasteiger partial charge in [0.1, 0.15) is 0 Å².